The van der Waals surface area contributed by atoms with Gasteiger partial charge in [-0.15, -0.1) is 5.10 Å². The van der Waals surface area contributed by atoms with Crippen LogP contribution < -0.4 is 9.80 Å². The third kappa shape index (κ3) is 3.58. The monoisotopic (exact) mass is 387 g/mol. The molecule has 1 saturated heterocycles. The third-order valence-electron chi connectivity index (χ3n) is 5.25. The van der Waals surface area contributed by atoms with Gasteiger partial charge in [0.25, 0.3) is 0 Å². The van der Waals surface area contributed by atoms with Crippen LogP contribution in [0.15, 0.2) is 48.8 Å². The summed E-state index contributed by atoms with van der Waals surface area (Å²) in [5.74, 6) is 0.843. The summed E-state index contributed by atoms with van der Waals surface area (Å²) in [5, 5.41) is 8.86. The lowest BCUT2D eigenvalue weighted by molar-refractivity contribution is -0.137. The molecule has 0 aliphatic carbocycles. The van der Waals surface area contributed by atoms with Crippen LogP contribution in [0, 0.1) is 0 Å². The number of anilines is 2. The van der Waals surface area contributed by atoms with Crippen molar-refractivity contribution in [2.24, 2.45) is 0 Å². The second kappa shape index (κ2) is 7.26. The molecule has 1 aliphatic heterocycles. The maximum Gasteiger partial charge on any atom is 0.416 e. The molecule has 0 N–H and O–H groups in total. The van der Waals surface area contributed by atoms with Crippen LogP contribution in [0.2, 0.25) is 0 Å². The number of fused-ring (bicyclic) bond motifs is 1. The topological polar surface area (TPSA) is 45.2 Å². The van der Waals surface area contributed by atoms with Gasteiger partial charge in [-0.1, -0.05) is 6.07 Å². The fraction of sp³-hybridized carbons (Fsp3) is 0.350. The van der Waals surface area contributed by atoms with E-state index in [0.29, 0.717) is 5.52 Å². The largest absolute Gasteiger partial charge is 0.416 e. The first-order chi connectivity index (χ1) is 13.4. The molecular formula is C20H20F3N5. The average Bonchev–Trinajstić information content (AvgIpc) is 2.72. The predicted octanol–water partition coefficient (Wildman–Crippen LogP) is 4.15. The van der Waals surface area contributed by atoms with Crippen molar-refractivity contribution in [2.45, 2.75) is 25.1 Å². The molecule has 8 heteroatoms. The molecule has 0 spiro atoms. The Bertz CT molecular complexity index is 961. The number of pyridine rings is 1. The summed E-state index contributed by atoms with van der Waals surface area (Å²) >= 11 is 0. The highest BCUT2D eigenvalue weighted by molar-refractivity contribution is 5.92. The summed E-state index contributed by atoms with van der Waals surface area (Å²) in [4.78, 5) is 8.49. The number of rotatable bonds is 3. The molecule has 0 bridgehead atoms. The van der Waals surface area contributed by atoms with E-state index >= 15 is 0 Å². The molecule has 0 saturated carbocycles. The molecule has 5 nitrogen and oxygen atoms in total. The quantitative estimate of drug-likeness (QED) is 0.676. The second-order valence-corrected chi connectivity index (χ2v) is 6.99. The SMILES string of the molecule is CN(c1ccnc2cc(C(F)(F)F)ccc12)C1CCCN(c2cccnn2)C1. The molecule has 1 aromatic carbocycles. The van der Waals surface area contributed by atoms with Gasteiger partial charge < -0.3 is 9.80 Å². The summed E-state index contributed by atoms with van der Waals surface area (Å²) in [6.07, 6.45) is 0.843. The van der Waals surface area contributed by atoms with Gasteiger partial charge >= 0.3 is 6.18 Å². The highest BCUT2D eigenvalue weighted by Gasteiger charge is 2.31. The Morgan fingerprint density at radius 3 is 2.75 bits per heavy atom. The summed E-state index contributed by atoms with van der Waals surface area (Å²) in [6, 6.07) is 9.62. The standard InChI is InChI=1S/C20H20F3N5/c1-27(15-4-3-11-28(13-15)19-5-2-9-25-26-19)18-8-10-24-17-12-14(20(21,22)23)6-7-16(17)18/h2,5-10,12,15H,3-4,11,13H2,1H3. The van der Waals surface area contributed by atoms with Gasteiger partial charge in [-0.05, 0) is 43.2 Å². The summed E-state index contributed by atoms with van der Waals surface area (Å²) in [6.45, 7) is 1.69. The van der Waals surface area contributed by atoms with Crippen LogP contribution in [0.25, 0.3) is 10.9 Å². The molecule has 3 heterocycles. The van der Waals surface area contributed by atoms with Crippen LogP contribution >= 0.6 is 0 Å². The van der Waals surface area contributed by atoms with Gasteiger partial charge in [0.05, 0.1) is 11.1 Å². The highest BCUT2D eigenvalue weighted by atomic mass is 19.4. The first kappa shape index (κ1) is 18.5. The van der Waals surface area contributed by atoms with E-state index in [4.69, 9.17) is 0 Å². The first-order valence-electron chi connectivity index (χ1n) is 9.15. The lowest BCUT2D eigenvalue weighted by Gasteiger charge is -2.39. The summed E-state index contributed by atoms with van der Waals surface area (Å²) in [5.41, 5.74) is 0.546. The fourth-order valence-electron chi connectivity index (χ4n) is 3.75. The van der Waals surface area contributed by atoms with E-state index in [0.717, 1.165) is 55.0 Å². The molecule has 1 atom stereocenters. The van der Waals surface area contributed by atoms with Crippen LogP contribution in [-0.4, -0.2) is 41.4 Å². The van der Waals surface area contributed by atoms with Gasteiger partial charge in [0, 0.05) is 49.6 Å². The van der Waals surface area contributed by atoms with Crippen molar-refractivity contribution in [3.05, 3.63) is 54.4 Å². The summed E-state index contributed by atoms with van der Waals surface area (Å²) in [7, 11) is 1.98. The lowest BCUT2D eigenvalue weighted by atomic mass is 10.0. The molecule has 146 valence electrons. The number of alkyl halides is 3. The van der Waals surface area contributed by atoms with Crippen LogP contribution in [-0.2, 0) is 6.18 Å². The van der Waals surface area contributed by atoms with Crippen molar-refractivity contribution in [1.29, 1.82) is 0 Å². The minimum absolute atomic E-state index is 0.212. The molecule has 1 unspecified atom stereocenters. The lowest BCUT2D eigenvalue weighted by Crippen LogP contribution is -2.47. The number of likely N-dealkylation sites (N-methyl/N-ethyl adjacent to an activating group) is 1. The Labute approximate surface area is 160 Å². The molecular weight excluding hydrogens is 367 g/mol. The molecule has 1 fully saturated rings. The van der Waals surface area contributed by atoms with Crippen molar-refractivity contribution >= 4 is 22.4 Å². The molecule has 3 aromatic rings. The molecule has 28 heavy (non-hydrogen) atoms. The zero-order valence-electron chi connectivity index (χ0n) is 15.4. The normalized spacial score (nSPS) is 17.7. The molecule has 0 radical (unpaired) electrons. The van der Waals surface area contributed by atoms with E-state index in [1.54, 1.807) is 12.4 Å². The highest BCUT2D eigenvalue weighted by Crippen LogP contribution is 2.34. The number of hydrogen-bond donors (Lipinski definition) is 0. The number of piperidine rings is 1. The number of hydrogen-bond acceptors (Lipinski definition) is 5. The minimum Gasteiger partial charge on any atom is -0.369 e. The van der Waals surface area contributed by atoms with Crippen LogP contribution in [0.1, 0.15) is 18.4 Å². The van der Waals surface area contributed by atoms with Crippen molar-refractivity contribution in [1.82, 2.24) is 15.2 Å². The Balaban J connectivity index is 1.62. The van der Waals surface area contributed by atoms with Gasteiger partial charge in [-0.3, -0.25) is 4.98 Å². The van der Waals surface area contributed by atoms with E-state index < -0.39 is 11.7 Å². The Hall–Kier alpha value is -2.90. The molecule has 1 aliphatic rings. The van der Waals surface area contributed by atoms with Gasteiger partial charge in [0.1, 0.15) is 0 Å². The molecule has 4 rings (SSSR count). The van der Waals surface area contributed by atoms with E-state index in [1.807, 2.05) is 25.2 Å². The van der Waals surface area contributed by atoms with E-state index in [2.05, 4.69) is 25.0 Å². The van der Waals surface area contributed by atoms with Crippen molar-refractivity contribution in [3.63, 3.8) is 0 Å². The Morgan fingerprint density at radius 2 is 2.00 bits per heavy atom. The minimum atomic E-state index is -4.38. The third-order valence-corrected chi connectivity index (χ3v) is 5.25. The summed E-state index contributed by atoms with van der Waals surface area (Å²) < 4.78 is 39.0. The zero-order chi connectivity index (χ0) is 19.7. The van der Waals surface area contributed by atoms with Gasteiger partial charge in [0.2, 0.25) is 0 Å². The van der Waals surface area contributed by atoms with Crippen molar-refractivity contribution in [2.75, 3.05) is 29.9 Å². The van der Waals surface area contributed by atoms with Crippen molar-refractivity contribution < 1.29 is 13.2 Å². The number of halogens is 3. The van der Waals surface area contributed by atoms with Crippen molar-refractivity contribution in [3.8, 4) is 0 Å². The van der Waals surface area contributed by atoms with E-state index in [1.165, 1.54) is 6.07 Å². The van der Waals surface area contributed by atoms with E-state index in [9.17, 15) is 13.2 Å². The molecule has 2 aromatic heterocycles. The zero-order valence-corrected chi connectivity index (χ0v) is 15.4. The maximum absolute atomic E-state index is 13.0. The fourth-order valence-corrected chi connectivity index (χ4v) is 3.75. The molecule has 0 amide bonds. The number of nitrogens with zero attached hydrogens (tertiary/aromatic N) is 5. The average molecular weight is 387 g/mol. The smallest absolute Gasteiger partial charge is 0.369 e. The van der Waals surface area contributed by atoms with Crippen LogP contribution in [0.4, 0.5) is 24.7 Å². The Morgan fingerprint density at radius 1 is 1.14 bits per heavy atom. The van der Waals surface area contributed by atoms with Crippen LogP contribution in [0.3, 0.4) is 0 Å². The Kier molecular flexibility index (Phi) is 4.78. The van der Waals surface area contributed by atoms with Gasteiger partial charge in [-0.25, -0.2) is 0 Å². The number of benzene rings is 1. The number of aromatic nitrogens is 3. The van der Waals surface area contributed by atoms with Gasteiger partial charge in [-0.2, -0.15) is 18.3 Å². The first-order valence-corrected chi connectivity index (χ1v) is 9.15. The van der Waals surface area contributed by atoms with Crippen LogP contribution in [0.5, 0.6) is 0 Å². The second-order valence-electron chi connectivity index (χ2n) is 6.99. The van der Waals surface area contributed by atoms with Gasteiger partial charge in [0.15, 0.2) is 5.82 Å². The van der Waals surface area contributed by atoms with E-state index in [-0.39, 0.29) is 6.04 Å². The predicted molar refractivity (Wildman–Crippen MR) is 102 cm³/mol. The maximum atomic E-state index is 13.0.